The second-order valence-corrected chi connectivity index (χ2v) is 1.77. The van der Waals surface area contributed by atoms with Crippen LogP contribution in [0.2, 0.25) is 0 Å². The van der Waals surface area contributed by atoms with Gasteiger partial charge in [0.25, 0.3) is 0 Å². The predicted molar refractivity (Wildman–Crippen MR) is 39.2 cm³/mol. The fourth-order valence-corrected chi connectivity index (χ4v) is 0.685. The molecular formula is C8H5Cl. The minimum atomic E-state index is 0.951. The molecule has 0 nitrogen and oxygen atoms in total. The smallest absolute Gasteiger partial charge is 0.0257 e. The van der Waals surface area contributed by atoms with Gasteiger partial charge in [0.2, 0.25) is 0 Å². The molecule has 1 heteroatoms. The predicted octanol–water partition coefficient (Wildman–Crippen LogP) is 2.23. The number of hydrogen-bond acceptors (Lipinski definition) is 0. The molecule has 0 N–H and O–H groups in total. The molecule has 0 atom stereocenters. The van der Waals surface area contributed by atoms with Crippen molar-refractivity contribution in [3.63, 3.8) is 0 Å². The van der Waals surface area contributed by atoms with Crippen LogP contribution in [0.5, 0.6) is 0 Å². The highest BCUT2D eigenvalue weighted by molar-refractivity contribution is 6.30. The van der Waals surface area contributed by atoms with Crippen molar-refractivity contribution in [2.75, 3.05) is 0 Å². The van der Waals surface area contributed by atoms with Gasteiger partial charge in [-0.2, -0.15) is 0 Å². The van der Waals surface area contributed by atoms with Crippen LogP contribution in [0.15, 0.2) is 30.3 Å². The summed E-state index contributed by atoms with van der Waals surface area (Å²) in [6.07, 6.45) is 0. The van der Waals surface area contributed by atoms with E-state index in [4.69, 9.17) is 11.6 Å². The second-order valence-electron chi connectivity index (χ2n) is 1.59. The molecule has 0 bridgehead atoms. The first-order valence-corrected chi connectivity index (χ1v) is 2.98. The van der Waals surface area contributed by atoms with Gasteiger partial charge in [0.1, 0.15) is 0 Å². The van der Waals surface area contributed by atoms with E-state index >= 15 is 0 Å². The van der Waals surface area contributed by atoms with Gasteiger partial charge in [0.15, 0.2) is 0 Å². The molecule has 1 aromatic carbocycles. The van der Waals surface area contributed by atoms with Gasteiger partial charge in [-0.25, -0.2) is 0 Å². The van der Waals surface area contributed by atoms with Crippen LogP contribution in [0.4, 0.5) is 0 Å². The maximum absolute atomic E-state index is 5.17. The van der Waals surface area contributed by atoms with Crippen LogP contribution in [0, 0.1) is 11.3 Å². The topological polar surface area (TPSA) is 0 Å². The zero-order chi connectivity index (χ0) is 6.53. The SMILES string of the molecule is ClC#Cc1ccccc1. The normalized spacial score (nSPS) is 7.67. The van der Waals surface area contributed by atoms with Gasteiger partial charge in [-0.1, -0.05) is 18.2 Å². The van der Waals surface area contributed by atoms with Gasteiger partial charge in [-0.05, 0) is 29.7 Å². The quantitative estimate of drug-likeness (QED) is 0.480. The Labute approximate surface area is 59.5 Å². The first-order chi connectivity index (χ1) is 4.43. The van der Waals surface area contributed by atoms with E-state index in [9.17, 15) is 0 Å². The zero-order valence-electron chi connectivity index (χ0n) is 4.76. The van der Waals surface area contributed by atoms with Crippen molar-refractivity contribution < 1.29 is 0 Å². The third-order valence-electron chi connectivity index (χ3n) is 0.965. The molecule has 0 spiro atoms. The first-order valence-electron chi connectivity index (χ1n) is 2.60. The Morgan fingerprint density at radius 3 is 2.33 bits per heavy atom. The Kier molecular flexibility index (Phi) is 2.18. The summed E-state index contributed by atoms with van der Waals surface area (Å²) in [5, 5.41) is 2.31. The molecule has 0 aliphatic rings. The maximum atomic E-state index is 5.17. The van der Waals surface area contributed by atoms with Crippen LogP contribution in [-0.4, -0.2) is 0 Å². The van der Waals surface area contributed by atoms with Crippen molar-refractivity contribution in [3.05, 3.63) is 35.9 Å². The third kappa shape index (κ3) is 1.79. The number of rotatable bonds is 0. The maximum Gasteiger partial charge on any atom is 0.0257 e. The van der Waals surface area contributed by atoms with E-state index in [1.165, 1.54) is 0 Å². The average Bonchev–Trinajstić information content (AvgIpc) is 1.91. The van der Waals surface area contributed by atoms with Gasteiger partial charge in [-0.3, -0.25) is 0 Å². The van der Waals surface area contributed by atoms with Gasteiger partial charge < -0.3 is 0 Å². The molecule has 0 amide bonds. The summed E-state index contributed by atoms with van der Waals surface area (Å²) >= 11 is 5.17. The lowest BCUT2D eigenvalue weighted by Gasteiger charge is -1.82. The highest BCUT2D eigenvalue weighted by Gasteiger charge is 1.78. The van der Waals surface area contributed by atoms with Gasteiger partial charge >= 0.3 is 0 Å². The molecule has 44 valence electrons. The van der Waals surface area contributed by atoms with E-state index in [-0.39, 0.29) is 0 Å². The Hall–Kier alpha value is -0.930. The summed E-state index contributed by atoms with van der Waals surface area (Å²) in [5.41, 5.74) is 0.951. The summed E-state index contributed by atoms with van der Waals surface area (Å²) in [6.45, 7) is 0. The van der Waals surface area contributed by atoms with Gasteiger partial charge in [0, 0.05) is 10.9 Å². The Balaban J connectivity index is 2.94. The largest absolute Gasteiger partial charge is 0.0622 e. The van der Waals surface area contributed by atoms with Crippen molar-refractivity contribution in [3.8, 4) is 11.3 Å². The summed E-state index contributed by atoms with van der Waals surface area (Å²) in [6, 6.07) is 9.62. The Bertz CT molecular complexity index is 228. The highest BCUT2D eigenvalue weighted by atomic mass is 35.5. The molecule has 0 aliphatic carbocycles. The number of hydrogen-bond donors (Lipinski definition) is 0. The number of benzene rings is 1. The lowest BCUT2D eigenvalue weighted by atomic mass is 10.2. The summed E-state index contributed by atoms with van der Waals surface area (Å²) < 4.78 is 0. The van der Waals surface area contributed by atoms with Crippen molar-refractivity contribution in [2.45, 2.75) is 0 Å². The molecule has 0 saturated carbocycles. The van der Waals surface area contributed by atoms with Crippen LogP contribution in [0.3, 0.4) is 0 Å². The molecule has 9 heavy (non-hydrogen) atoms. The second kappa shape index (κ2) is 3.17. The van der Waals surface area contributed by atoms with Crippen LogP contribution < -0.4 is 0 Å². The first kappa shape index (κ1) is 6.19. The van der Waals surface area contributed by atoms with Crippen molar-refractivity contribution in [1.82, 2.24) is 0 Å². The summed E-state index contributed by atoms with van der Waals surface area (Å²) in [4.78, 5) is 0. The molecule has 0 aromatic heterocycles. The van der Waals surface area contributed by atoms with E-state index in [0.717, 1.165) is 5.56 Å². The van der Waals surface area contributed by atoms with E-state index in [1.54, 1.807) is 0 Å². The van der Waals surface area contributed by atoms with E-state index in [0.29, 0.717) is 0 Å². The van der Waals surface area contributed by atoms with Gasteiger partial charge in [0.05, 0.1) is 0 Å². The van der Waals surface area contributed by atoms with Crippen molar-refractivity contribution in [2.24, 2.45) is 0 Å². The molecule has 1 rings (SSSR count). The van der Waals surface area contributed by atoms with Gasteiger partial charge in [-0.15, -0.1) is 0 Å². The minimum absolute atomic E-state index is 0.951. The monoisotopic (exact) mass is 136 g/mol. The summed E-state index contributed by atoms with van der Waals surface area (Å²) in [5.74, 6) is 2.72. The van der Waals surface area contributed by atoms with Crippen molar-refractivity contribution >= 4 is 11.6 Å². The molecule has 1 aromatic rings. The molecule has 0 heterocycles. The lowest BCUT2D eigenvalue weighted by molar-refractivity contribution is 1.65. The molecule has 0 aliphatic heterocycles. The molecule has 0 fully saturated rings. The highest BCUT2D eigenvalue weighted by Crippen LogP contribution is 1.94. The fourth-order valence-electron chi connectivity index (χ4n) is 0.576. The van der Waals surface area contributed by atoms with E-state index < -0.39 is 0 Å². The molecular weight excluding hydrogens is 132 g/mol. The van der Waals surface area contributed by atoms with Crippen LogP contribution >= 0.6 is 11.6 Å². The Morgan fingerprint density at radius 1 is 1.11 bits per heavy atom. The van der Waals surface area contributed by atoms with Crippen molar-refractivity contribution in [1.29, 1.82) is 0 Å². The Morgan fingerprint density at radius 2 is 1.78 bits per heavy atom. The average molecular weight is 137 g/mol. The standard InChI is InChI=1S/C8H5Cl/c9-7-6-8-4-2-1-3-5-8/h1-5H. The van der Waals surface area contributed by atoms with Crippen LogP contribution in [-0.2, 0) is 0 Å². The molecule has 0 unspecified atom stereocenters. The molecule has 0 saturated heterocycles. The van der Waals surface area contributed by atoms with Crippen LogP contribution in [0.1, 0.15) is 5.56 Å². The van der Waals surface area contributed by atoms with E-state index in [1.807, 2.05) is 30.3 Å². The van der Waals surface area contributed by atoms with Crippen LogP contribution in [0.25, 0.3) is 0 Å². The minimum Gasteiger partial charge on any atom is -0.0622 e. The van der Waals surface area contributed by atoms with E-state index in [2.05, 4.69) is 11.3 Å². The lowest BCUT2D eigenvalue weighted by Crippen LogP contribution is -1.67. The third-order valence-corrected chi connectivity index (χ3v) is 1.06. The fraction of sp³-hybridized carbons (Fsp3) is 0. The molecule has 0 radical (unpaired) electrons. The zero-order valence-corrected chi connectivity index (χ0v) is 5.52. The summed E-state index contributed by atoms with van der Waals surface area (Å²) in [7, 11) is 0. The number of halogens is 1.